The maximum Gasteiger partial charge on any atom is 0.0716 e. The molecule has 0 aliphatic rings. The number of rotatable bonds is 3. The lowest BCUT2D eigenvalue weighted by molar-refractivity contribution is 0.134. The molecule has 2 heteroatoms. The zero-order valence-electron chi connectivity index (χ0n) is 6.62. The van der Waals surface area contributed by atoms with Gasteiger partial charge in [-0.2, -0.15) is 0 Å². The fraction of sp³-hybridized carbons (Fsp3) is 0.333. The second kappa shape index (κ2) is 6.38. The highest BCUT2D eigenvalue weighted by Crippen LogP contribution is 1.99. The molecule has 0 radical (unpaired) electrons. The van der Waals surface area contributed by atoms with E-state index >= 15 is 0 Å². The average molecular weight is 217 g/mol. The Bertz CT molecular complexity index is 174. The molecule has 0 aliphatic heterocycles. The third-order valence-corrected chi connectivity index (χ3v) is 1.32. The van der Waals surface area contributed by atoms with E-state index in [-0.39, 0.29) is 17.0 Å². The van der Waals surface area contributed by atoms with E-state index in [0.29, 0.717) is 0 Å². The van der Waals surface area contributed by atoms with Gasteiger partial charge in [-0.1, -0.05) is 30.3 Å². The molecule has 0 bridgehead atoms. The summed E-state index contributed by atoms with van der Waals surface area (Å²) in [6, 6.07) is 10.2. The van der Waals surface area contributed by atoms with Crippen molar-refractivity contribution in [2.45, 2.75) is 13.5 Å². The lowest BCUT2D eigenvalue weighted by Crippen LogP contribution is -1.90. The summed E-state index contributed by atoms with van der Waals surface area (Å²) in [5.41, 5.74) is 1.24. The maximum absolute atomic E-state index is 5.22. The molecule has 0 saturated carbocycles. The van der Waals surface area contributed by atoms with Crippen molar-refractivity contribution in [2.75, 3.05) is 6.61 Å². The molecular formula is C9H13BrO. The van der Waals surface area contributed by atoms with Gasteiger partial charge < -0.3 is 4.74 Å². The summed E-state index contributed by atoms with van der Waals surface area (Å²) in [7, 11) is 0. The second-order valence-corrected chi connectivity index (χ2v) is 2.12. The second-order valence-electron chi connectivity index (χ2n) is 2.12. The quantitative estimate of drug-likeness (QED) is 0.756. The van der Waals surface area contributed by atoms with E-state index in [1.807, 2.05) is 25.1 Å². The molecule has 62 valence electrons. The van der Waals surface area contributed by atoms with E-state index in [4.69, 9.17) is 4.74 Å². The van der Waals surface area contributed by atoms with Crippen LogP contribution in [0.3, 0.4) is 0 Å². The van der Waals surface area contributed by atoms with Crippen LogP contribution in [0, 0.1) is 0 Å². The van der Waals surface area contributed by atoms with Gasteiger partial charge in [0.1, 0.15) is 0 Å². The first-order valence-corrected chi connectivity index (χ1v) is 3.55. The van der Waals surface area contributed by atoms with Crippen molar-refractivity contribution in [3.63, 3.8) is 0 Å². The van der Waals surface area contributed by atoms with Gasteiger partial charge in [-0.15, -0.1) is 17.0 Å². The van der Waals surface area contributed by atoms with Gasteiger partial charge >= 0.3 is 0 Å². The van der Waals surface area contributed by atoms with Gasteiger partial charge in [0.15, 0.2) is 0 Å². The Morgan fingerprint density at radius 2 is 1.82 bits per heavy atom. The van der Waals surface area contributed by atoms with Crippen molar-refractivity contribution in [3.8, 4) is 0 Å². The number of hydrogen-bond acceptors (Lipinski definition) is 1. The maximum atomic E-state index is 5.22. The fourth-order valence-electron chi connectivity index (χ4n) is 0.794. The molecule has 0 N–H and O–H groups in total. The molecule has 0 heterocycles. The SMILES string of the molecule is Br.CCOCc1ccccc1. The Balaban J connectivity index is 0.000001000. The smallest absolute Gasteiger partial charge is 0.0716 e. The van der Waals surface area contributed by atoms with Crippen molar-refractivity contribution < 1.29 is 4.74 Å². The Labute approximate surface area is 78.2 Å². The summed E-state index contributed by atoms with van der Waals surface area (Å²) >= 11 is 0. The largest absolute Gasteiger partial charge is 0.377 e. The third-order valence-electron chi connectivity index (χ3n) is 1.32. The molecule has 0 aliphatic carbocycles. The van der Waals surface area contributed by atoms with Crippen LogP contribution in [-0.4, -0.2) is 6.61 Å². The molecule has 0 aromatic heterocycles. The first kappa shape index (κ1) is 10.7. The van der Waals surface area contributed by atoms with Crippen LogP contribution in [0.4, 0.5) is 0 Å². The topological polar surface area (TPSA) is 9.23 Å². The van der Waals surface area contributed by atoms with Crippen LogP contribution < -0.4 is 0 Å². The van der Waals surface area contributed by atoms with Crippen LogP contribution >= 0.6 is 17.0 Å². The van der Waals surface area contributed by atoms with Gasteiger partial charge in [0, 0.05) is 6.61 Å². The van der Waals surface area contributed by atoms with Gasteiger partial charge in [0.05, 0.1) is 6.61 Å². The first-order chi connectivity index (χ1) is 4.93. The van der Waals surface area contributed by atoms with Crippen LogP contribution in [-0.2, 0) is 11.3 Å². The highest BCUT2D eigenvalue weighted by molar-refractivity contribution is 8.93. The summed E-state index contributed by atoms with van der Waals surface area (Å²) in [6.45, 7) is 3.52. The summed E-state index contributed by atoms with van der Waals surface area (Å²) < 4.78 is 5.22. The van der Waals surface area contributed by atoms with Gasteiger partial charge in [-0.3, -0.25) is 0 Å². The van der Waals surface area contributed by atoms with Crippen LogP contribution in [0.15, 0.2) is 30.3 Å². The Morgan fingerprint density at radius 1 is 1.18 bits per heavy atom. The van der Waals surface area contributed by atoms with E-state index in [2.05, 4.69) is 12.1 Å². The van der Waals surface area contributed by atoms with E-state index in [1.54, 1.807) is 0 Å². The predicted molar refractivity (Wildman–Crippen MR) is 52.1 cm³/mol. The summed E-state index contributed by atoms with van der Waals surface area (Å²) in [4.78, 5) is 0. The molecule has 0 saturated heterocycles. The first-order valence-electron chi connectivity index (χ1n) is 3.55. The highest BCUT2D eigenvalue weighted by atomic mass is 79.9. The van der Waals surface area contributed by atoms with Crippen LogP contribution in [0.2, 0.25) is 0 Å². The summed E-state index contributed by atoms with van der Waals surface area (Å²) in [6.07, 6.45) is 0. The van der Waals surface area contributed by atoms with Crippen LogP contribution in [0.1, 0.15) is 12.5 Å². The average Bonchev–Trinajstić information content (AvgIpc) is 2.03. The minimum atomic E-state index is 0. The molecule has 1 aromatic rings. The highest BCUT2D eigenvalue weighted by Gasteiger charge is 1.86. The Hall–Kier alpha value is -0.340. The lowest BCUT2D eigenvalue weighted by Gasteiger charge is -1.98. The van der Waals surface area contributed by atoms with Crippen molar-refractivity contribution in [3.05, 3.63) is 35.9 Å². The Morgan fingerprint density at radius 3 is 2.36 bits per heavy atom. The number of benzene rings is 1. The standard InChI is InChI=1S/C9H12O.BrH/c1-2-10-8-9-6-4-3-5-7-9;/h3-7H,2,8H2,1H3;1H. The zero-order chi connectivity index (χ0) is 7.23. The van der Waals surface area contributed by atoms with E-state index in [1.165, 1.54) is 5.56 Å². The minimum absolute atomic E-state index is 0. The molecule has 0 amide bonds. The molecule has 0 atom stereocenters. The van der Waals surface area contributed by atoms with Crippen molar-refractivity contribution in [1.29, 1.82) is 0 Å². The molecule has 0 spiro atoms. The van der Waals surface area contributed by atoms with Crippen molar-refractivity contribution in [1.82, 2.24) is 0 Å². The van der Waals surface area contributed by atoms with E-state index in [9.17, 15) is 0 Å². The van der Waals surface area contributed by atoms with Crippen molar-refractivity contribution in [2.24, 2.45) is 0 Å². The predicted octanol–water partition coefficient (Wildman–Crippen LogP) is 2.80. The molecule has 1 rings (SSSR count). The minimum Gasteiger partial charge on any atom is -0.377 e. The summed E-state index contributed by atoms with van der Waals surface area (Å²) in [5, 5.41) is 0. The molecule has 0 unspecified atom stereocenters. The molecule has 1 nitrogen and oxygen atoms in total. The Kier molecular flexibility index (Phi) is 6.18. The van der Waals surface area contributed by atoms with E-state index < -0.39 is 0 Å². The summed E-state index contributed by atoms with van der Waals surface area (Å²) in [5.74, 6) is 0. The molecular weight excluding hydrogens is 204 g/mol. The van der Waals surface area contributed by atoms with Gasteiger partial charge in [0.25, 0.3) is 0 Å². The molecule has 0 fully saturated rings. The van der Waals surface area contributed by atoms with E-state index in [0.717, 1.165) is 13.2 Å². The molecule has 11 heavy (non-hydrogen) atoms. The molecule has 1 aromatic carbocycles. The number of ether oxygens (including phenoxy) is 1. The lowest BCUT2D eigenvalue weighted by atomic mass is 10.2. The van der Waals surface area contributed by atoms with Crippen LogP contribution in [0.5, 0.6) is 0 Å². The fourth-order valence-corrected chi connectivity index (χ4v) is 0.794. The monoisotopic (exact) mass is 216 g/mol. The van der Waals surface area contributed by atoms with Crippen LogP contribution in [0.25, 0.3) is 0 Å². The third kappa shape index (κ3) is 4.17. The van der Waals surface area contributed by atoms with Gasteiger partial charge in [-0.25, -0.2) is 0 Å². The number of hydrogen-bond donors (Lipinski definition) is 0. The normalized spacial score (nSPS) is 8.82. The van der Waals surface area contributed by atoms with Gasteiger partial charge in [-0.05, 0) is 12.5 Å². The van der Waals surface area contributed by atoms with Gasteiger partial charge in [0.2, 0.25) is 0 Å². The van der Waals surface area contributed by atoms with Crippen molar-refractivity contribution >= 4 is 17.0 Å². The number of halogens is 1. The zero-order valence-corrected chi connectivity index (χ0v) is 8.33.